The molecule has 0 fully saturated rings. The first kappa shape index (κ1) is 15.0. The third kappa shape index (κ3) is 2.96. The van der Waals surface area contributed by atoms with Gasteiger partial charge in [-0.05, 0) is 24.3 Å². The van der Waals surface area contributed by atoms with E-state index in [0.717, 1.165) is 36.8 Å². The van der Waals surface area contributed by atoms with Gasteiger partial charge in [-0.2, -0.15) is 0 Å². The van der Waals surface area contributed by atoms with Crippen LogP contribution in [0, 0.1) is 0 Å². The Morgan fingerprint density at radius 2 is 1.43 bits per heavy atom. The lowest BCUT2D eigenvalue weighted by Gasteiger charge is -2.19. The molecule has 3 aromatic rings. The number of nitrogens with zero attached hydrogens (tertiary/aromatic N) is 3. The number of halogens is 2. The predicted octanol–water partition coefficient (Wildman–Crippen LogP) is 5.12. The molecule has 1 aromatic heterocycles. The second-order valence-electron chi connectivity index (χ2n) is 4.92. The Bertz CT molecular complexity index is 885. The van der Waals surface area contributed by atoms with Crippen LogP contribution in [0.25, 0.3) is 17.1 Å². The maximum atomic E-state index is 4.31. The summed E-state index contributed by atoms with van der Waals surface area (Å²) in [4.78, 5) is 0. The van der Waals surface area contributed by atoms with Crippen LogP contribution < -0.4 is 5.43 Å². The lowest BCUT2D eigenvalue weighted by molar-refractivity contribution is 0.826. The van der Waals surface area contributed by atoms with Gasteiger partial charge in [0.1, 0.15) is 0 Å². The minimum Gasteiger partial charge on any atom is -0.289 e. The molecule has 0 bridgehead atoms. The normalized spacial score (nSPS) is 13.2. The lowest BCUT2D eigenvalue weighted by atomic mass is 10.2. The van der Waals surface area contributed by atoms with Crippen LogP contribution in [0.15, 0.2) is 68.0 Å². The van der Waals surface area contributed by atoms with E-state index in [0.29, 0.717) is 0 Å². The fourth-order valence-electron chi connectivity index (χ4n) is 2.25. The van der Waals surface area contributed by atoms with Gasteiger partial charge in [-0.3, -0.25) is 5.43 Å². The minimum atomic E-state index is 0.794. The molecular weight excluding hydrogens is 440 g/mol. The van der Waals surface area contributed by atoms with Gasteiger partial charge in [0.2, 0.25) is 5.16 Å². The van der Waals surface area contributed by atoms with E-state index in [9.17, 15) is 0 Å². The summed E-state index contributed by atoms with van der Waals surface area (Å²) in [7, 11) is 0. The fraction of sp³-hybridized carbons (Fsp3) is 0. The fourth-order valence-corrected chi connectivity index (χ4v) is 3.52. The third-order valence-corrected chi connectivity index (χ3v) is 5.29. The molecule has 23 heavy (non-hydrogen) atoms. The van der Waals surface area contributed by atoms with Gasteiger partial charge in [-0.15, -0.1) is 10.2 Å². The van der Waals surface area contributed by atoms with E-state index in [1.54, 1.807) is 11.8 Å². The topological polar surface area (TPSA) is 42.7 Å². The van der Waals surface area contributed by atoms with E-state index in [1.807, 2.05) is 41.1 Å². The molecular formula is C16H10Br2N4S. The summed E-state index contributed by atoms with van der Waals surface area (Å²) >= 11 is 8.48. The number of fused-ring (bicyclic) bond motifs is 1. The zero-order valence-corrected chi connectivity index (χ0v) is 15.7. The van der Waals surface area contributed by atoms with Gasteiger partial charge >= 0.3 is 0 Å². The third-order valence-electron chi connectivity index (χ3n) is 3.41. The van der Waals surface area contributed by atoms with Crippen molar-refractivity contribution < 1.29 is 0 Å². The van der Waals surface area contributed by atoms with Crippen molar-refractivity contribution in [3.8, 4) is 11.4 Å². The molecule has 2 heterocycles. The van der Waals surface area contributed by atoms with E-state index >= 15 is 0 Å². The van der Waals surface area contributed by atoms with Crippen molar-refractivity contribution in [2.45, 2.75) is 5.16 Å². The molecule has 1 N–H and O–H groups in total. The Morgan fingerprint density at radius 1 is 0.826 bits per heavy atom. The molecule has 4 rings (SSSR count). The van der Waals surface area contributed by atoms with Gasteiger partial charge in [-0.25, -0.2) is 4.68 Å². The van der Waals surface area contributed by atoms with Crippen LogP contribution in [0.3, 0.4) is 0 Å². The van der Waals surface area contributed by atoms with Gasteiger partial charge in [0.25, 0.3) is 0 Å². The molecule has 0 unspecified atom stereocenters. The van der Waals surface area contributed by atoms with E-state index in [2.05, 4.69) is 65.0 Å². The van der Waals surface area contributed by atoms with Crippen LogP contribution in [0.4, 0.5) is 0 Å². The van der Waals surface area contributed by atoms with E-state index in [4.69, 9.17) is 0 Å². The molecule has 0 spiro atoms. The Morgan fingerprint density at radius 3 is 2.09 bits per heavy atom. The maximum absolute atomic E-state index is 4.31. The lowest BCUT2D eigenvalue weighted by Crippen LogP contribution is -2.18. The molecule has 0 radical (unpaired) electrons. The summed E-state index contributed by atoms with van der Waals surface area (Å²) in [5.74, 6) is 0.794. The number of rotatable bonds is 2. The van der Waals surface area contributed by atoms with E-state index < -0.39 is 0 Å². The molecule has 1 aliphatic heterocycles. The minimum absolute atomic E-state index is 0.794. The van der Waals surface area contributed by atoms with E-state index in [-0.39, 0.29) is 0 Å². The SMILES string of the molecule is Brc1ccc(C2=CSc3nnc(-c4ccc(Br)cc4)n3N2)cc1. The van der Waals surface area contributed by atoms with Crippen molar-refractivity contribution in [3.63, 3.8) is 0 Å². The van der Waals surface area contributed by atoms with Crippen LogP contribution in [0.5, 0.6) is 0 Å². The van der Waals surface area contributed by atoms with Gasteiger partial charge in [0.15, 0.2) is 5.82 Å². The molecule has 0 aliphatic carbocycles. The second-order valence-corrected chi connectivity index (χ2v) is 7.58. The average Bonchev–Trinajstić information content (AvgIpc) is 2.99. The highest BCUT2D eigenvalue weighted by molar-refractivity contribution is 9.10. The predicted molar refractivity (Wildman–Crippen MR) is 100 cm³/mol. The smallest absolute Gasteiger partial charge is 0.214 e. The number of thioether (sulfide) groups is 1. The second kappa shape index (κ2) is 6.14. The largest absolute Gasteiger partial charge is 0.289 e. The van der Waals surface area contributed by atoms with Crippen LogP contribution in [0.1, 0.15) is 5.56 Å². The van der Waals surface area contributed by atoms with Crippen molar-refractivity contribution in [1.82, 2.24) is 14.9 Å². The number of benzene rings is 2. The average molecular weight is 450 g/mol. The van der Waals surface area contributed by atoms with Crippen LogP contribution in [-0.4, -0.2) is 14.9 Å². The zero-order valence-electron chi connectivity index (χ0n) is 11.7. The summed E-state index contributed by atoms with van der Waals surface area (Å²) in [6.45, 7) is 0. The van der Waals surface area contributed by atoms with Crippen molar-refractivity contribution >= 4 is 49.3 Å². The number of hydrogen-bond donors (Lipinski definition) is 1. The highest BCUT2D eigenvalue weighted by atomic mass is 79.9. The molecule has 114 valence electrons. The highest BCUT2D eigenvalue weighted by Crippen LogP contribution is 2.31. The van der Waals surface area contributed by atoms with Crippen molar-refractivity contribution in [3.05, 3.63) is 68.4 Å². The monoisotopic (exact) mass is 448 g/mol. The Balaban J connectivity index is 1.69. The molecule has 4 nitrogen and oxygen atoms in total. The quantitative estimate of drug-likeness (QED) is 0.589. The summed E-state index contributed by atoms with van der Waals surface area (Å²) in [6, 6.07) is 16.2. The summed E-state index contributed by atoms with van der Waals surface area (Å²) in [5, 5.41) is 11.4. The van der Waals surface area contributed by atoms with Crippen LogP contribution in [-0.2, 0) is 0 Å². The summed E-state index contributed by atoms with van der Waals surface area (Å²) in [5.41, 5.74) is 6.54. The molecule has 0 atom stereocenters. The van der Waals surface area contributed by atoms with Crippen LogP contribution in [0.2, 0.25) is 0 Å². The van der Waals surface area contributed by atoms with Crippen molar-refractivity contribution in [1.29, 1.82) is 0 Å². The number of aromatic nitrogens is 3. The standard InChI is InChI=1S/C16H10Br2N4S/c17-12-5-1-10(2-6-12)14-9-23-16-20-19-15(22(16)21-14)11-3-7-13(18)8-4-11/h1-9,21H. The van der Waals surface area contributed by atoms with Crippen molar-refractivity contribution in [2.24, 2.45) is 0 Å². The Hall–Kier alpha value is -1.57. The number of hydrogen-bond acceptors (Lipinski definition) is 4. The Labute approximate surface area is 154 Å². The first-order chi connectivity index (χ1) is 11.2. The van der Waals surface area contributed by atoms with E-state index in [1.165, 1.54) is 0 Å². The molecule has 0 saturated heterocycles. The van der Waals surface area contributed by atoms with Gasteiger partial charge in [-0.1, -0.05) is 67.9 Å². The highest BCUT2D eigenvalue weighted by Gasteiger charge is 2.19. The zero-order chi connectivity index (χ0) is 15.8. The van der Waals surface area contributed by atoms with Gasteiger partial charge < -0.3 is 0 Å². The van der Waals surface area contributed by atoms with Gasteiger partial charge in [0, 0.05) is 25.5 Å². The molecule has 2 aromatic carbocycles. The molecule has 1 aliphatic rings. The first-order valence-electron chi connectivity index (χ1n) is 6.82. The summed E-state index contributed by atoms with van der Waals surface area (Å²) < 4.78 is 4.02. The number of nitrogens with one attached hydrogen (secondary N) is 1. The summed E-state index contributed by atoms with van der Waals surface area (Å²) in [6.07, 6.45) is 0. The van der Waals surface area contributed by atoms with Crippen molar-refractivity contribution in [2.75, 3.05) is 5.43 Å². The molecule has 7 heteroatoms. The Kier molecular flexibility index (Phi) is 4.00. The molecule has 0 amide bonds. The van der Waals surface area contributed by atoms with Crippen LogP contribution >= 0.6 is 43.6 Å². The first-order valence-corrected chi connectivity index (χ1v) is 9.28. The van der Waals surface area contributed by atoms with Gasteiger partial charge in [0.05, 0.1) is 5.70 Å². The maximum Gasteiger partial charge on any atom is 0.214 e. The molecule has 0 saturated carbocycles.